The predicted molar refractivity (Wildman–Crippen MR) is 83.8 cm³/mol. The van der Waals surface area contributed by atoms with E-state index in [1.807, 2.05) is 18.2 Å². The number of halogens is 1. The van der Waals surface area contributed by atoms with Gasteiger partial charge in [0.15, 0.2) is 5.69 Å². The minimum atomic E-state index is -1.06. The highest BCUT2D eigenvalue weighted by Crippen LogP contribution is 2.25. The smallest absolute Gasteiger partial charge is 0.357 e. The molecule has 1 heterocycles. The molecule has 0 saturated heterocycles. The molecule has 0 spiro atoms. The standard InChI is InChI=1S/C16H13ClN2O3/c1-22-12-6-7-14-13(8-12)15(16(20)21)18-19(14)9-10-2-4-11(17)5-3-10/h2-8H,9H2,1H3,(H,20,21). The van der Waals surface area contributed by atoms with Gasteiger partial charge in [0.25, 0.3) is 0 Å². The average Bonchev–Trinajstić information content (AvgIpc) is 2.87. The van der Waals surface area contributed by atoms with Crippen molar-refractivity contribution in [2.45, 2.75) is 6.54 Å². The Kier molecular flexibility index (Phi) is 3.73. The van der Waals surface area contributed by atoms with E-state index in [1.165, 1.54) is 0 Å². The summed E-state index contributed by atoms with van der Waals surface area (Å²) in [6, 6.07) is 12.6. The van der Waals surface area contributed by atoms with Gasteiger partial charge in [-0.15, -0.1) is 0 Å². The van der Waals surface area contributed by atoms with E-state index in [1.54, 1.807) is 36.1 Å². The summed E-state index contributed by atoms with van der Waals surface area (Å²) in [5.41, 5.74) is 1.75. The fraction of sp³-hybridized carbons (Fsp3) is 0.125. The van der Waals surface area contributed by atoms with Gasteiger partial charge in [-0.05, 0) is 35.9 Å². The molecule has 1 N–H and O–H groups in total. The van der Waals surface area contributed by atoms with Gasteiger partial charge in [0, 0.05) is 10.4 Å². The van der Waals surface area contributed by atoms with Crippen LogP contribution in [0.4, 0.5) is 0 Å². The van der Waals surface area contributed by atoms with Crippen molar-refractivity contribution in [1.82, 2.24) is 9.78 Å². The first-order valence-corrected chi connectivity index (χ1v) is 6.98. The van der Waals surface area contributed by atoms with E-state index in [2.05, 4.69) is 5.10 Å². The Bertz CT molecular complexity index is 840. The van der Waals surface area contributed by atoms with Gasteiger partial charge in [0.1, 0.15) is 5.75 Å². The van der Waals surface area contributed by atoms with Gasteiger partial charge in [-0.1, -0.05) is 23.7 Å². The Morgan fingerprint density at radius 2 is 2.00 bits per heavy atom. The molecule has 22 heavy (non-hydrogen) atoms. The van der Waals surface area contributed by atoms with Gasteiger partial charge in [0.2, 0.25) is 0 Å². The number of hydrogen-bond donors (Lipinski definition) is 1. The number of fused-ring (bicyclic) bond motifs is 1. The van der Waals surface area contributed by atoms with E-state index in [4.69, 9.17) is 16.3 Å². The zero-order chi connectivity index (χ0) is 15.7. The number of carboxylic acids is 1. The van der Waals surface area contributed by atoms with Crippen molar-refractivity contribution in [2.24, 2.45) is 0 Å². The van der Waals surface area contributed by atoms with E-state index in [0.717, 1.165) is 11.1 Å². The molecular formula is C16H13ClN2O3. The lowest BCUT2D eigenvalue weighted by atomic mass is 10.2. The van der Waals surface area contributed by atoms with Crippen LogP contribution < -0.4 is 4.74 Å². The highest BCUT2D eigenvalue weighted by Gasteiger charge is 2.17. The Morgan fingerprint density at radius 3 is 2.64 bits per heavy atom. The summed E-state index contributed by atoms with van der Waals surface area (Å²) in [7, 11) is 1.54. The van der Waals surface area contributed by atoms with E-state index < -0.39 is 5.97 Å². The zero-order valence-electron chi connectivity index (χ0n) is 11.8. The number of aromatic nitrogens is 2. The minimum absolute atomic E-state index is 0.0165. The zero-order valence-corrected chi connectivity index (χ0v) is 12.5. The van der Waals surface area contributed by atoms with Crippen LogP contribution in [-0.4, -0.2) is 28.0 Å². The second-order valence-corrected chi connectivity index (χ2v) is 5.26. The third-order valence-corrected chi connectivity index (χ3v) is 3.66. The maximum Gasteiger partial charge on any atom is 0.357 e. The molecule has 1 aromatic heterocycles. The molecule has 0 aliphatic carbocycles. The first-order valence-electron chi connectivity index (χ1n) is 6.61. The third-order valence-electron chi connectivity index (χ3n) is 3.41. The molecule has 0 atom stereocenters. The van der Waals surface area contributed by atoms with Crippen LogP contribution in [0.2, 0.25) is 5.02 Å². The number of aromatic carboxylic acids is 1. The molecule has 0 bridgehead atoms. The highest BCUT2D eigenvalue weighted by molar-refractivity contribution is 6.30. The fourth-order valence-electron chi connectivity index (χ4n) is 2.33. The summed E-state index contributed by atoms with van der Waals surface area (Å²) in [5, 5.41) is 14.8. The van der Waals surface area contributed by atoms with Gasteiger partial charge >= 0.3 is 5.97 Å². The number of benzene rings is 2. The first kappa shape index (κ1) is 14.4. The van der Waals surface area contributed by atoms with Gasteiger partial charge in [-0.2, -0.15) is 5.10 Å². The Morgan fingerprint density at radius 1 is 1.27 bits per heavy atom. The Hall–Kier alpha value is -2.53. The molecule has 5 nitrogen and oxygen atoms in total. The van der Waals surface area contributed by atoms with Crippen LogP contribution >= 0.6 is 11.6 Å². The van der Waals surface area contributed by atoms with E-state index in [9.17, 15) is 9.90 Å². The first-order chi connectivity index (χ1) is 10.6. The molecule has 0 fully saturated rings. The van der Waals surface area contributed by atoms with Gasteiger partial charge in [-0.3, -0.25) is 4.68 Å². The molecule has 112 valence electrons. The number of carbonyl (C=O) groups is 1. The van der Waals surface area contributed by atoms with E-state index in [-0.39, 0.29) is 5.69 Å². The van der Waals surface area contributed by atoms with Crippen LogP contribution in [0.1, 0.15) is 16.1 Å². The van der Waals surface area contributed by atoms with Gasteiger partial charge in [0.05, 0.1) is 19.2 Å². The normalized spacial score (nSPS) is 10.8. The summed E-state index contributed by atoms with van der Waals surface area (Å²) in [6.45, 7) is 0.466. The fourth-order valence-corrected chi connectivity index (χ4v) is 2.45. The third kappa shape index (κ3) is 2.63. The number of nitrogens with zero attached hydrogens (tertiary/aromatic N) is 2. The lowest BCUT2D eigenvalue weighted by Gasteiger charge is -2.05. The molecule has 0 aliphatic heterocycles. The van der Waals surface area contributed by atoms with Crippen molar-refractivity contribution in [3.05, 3.63) is 58.7 Å². The maximum absolute atomic E-state index is 11.4. The molecule has 2 aromatic carbocycles. The summed E-state index contributed by atoms with van der Waals surface area (Å²) in [6.07, 6.45) is 0. The summed E-state index contributed by atoms with van der Waals surface area (Å²) in [4.78, 5) is 11.4. The summed E-state index contributed by atoms with van der Waals surface area (Å²) in [5.74, 6) is -0.464. The summed E-state index contributed by atoms with van der Waals surface area (Å²) < 4.78 is 6.82. The number of carboxylic acid groups (broad SMARTS) is 1. The topological polar surface area (TPSA) is 64.3 Å². The lowest BCUT2D eigenvalue weighted by molar-refractivity contribution is 0.0691. The van der Waals surface area contributed by atoms with Crippen LogP contribution in [0, 0.1) is 0 Å². The van der Waals surface area contributed by atoms with Crippen LogP contribution in [0.25, 0.3) is 10.9 Å². The summed E-state index contributed by atoms with van der Waals surface area (Å²) >= 11 is 5.87. The monoisotopic (exact) mass is 316 g/mol. The number of methoxy groups -OCH3 is 1. The quantitative estimate of drug-likeness (QED) is 0.800. The molecule has 0 unspecified atom stereocenters. The number of rotatable bonds is 4. The second-order valence-electron chi connectivity index (χ2n) is 4.82. The molecule has 3 rings (SSSR count). The van der Waals surface area contributed by atoms with E-state index >= 15 is 0 Å². The van der Waals surface area contributed by atoms with Crippen LogP contribution in [0.15, 0.2) is 42.5 Å². The highest BCUT2D eigenvalue weighted by atomic mass is 35.5. The van der Waals surface area contributed by atoms with Crippen LogP contribution in [-0.2, 0) is 6.54 Å². The number of ether oxygens (including phenoxy) is 1. The second kappa shape index (κ2) is 5.69. The number of hydrogen-bond acceptors (Lipinski definition) is 3. The molecule has 6 heteroatoms. The van der Waals surface area contributed by atoms with E-state index in [0.29, 0.717) is 22.7 Å². The molecule has 0 amide bonds. The molecule has 3 aromatic rings. The van der Waals surface area contributed by atoms with Crippen molar-refractivity contribution >= 4 is 28.5 Å². The van der Waals surface area contributed by atoms with Crippen LogP contribution in [0.3, 0.4) is 0 Å². The Labute approximate surface area is 131 Å². The predicted octanol–water partition coefficient (Wildman–Crippen LogP) is 3.44. The Balaban J connectivity index is 2.09. The molecular weight excluding hydrogens is 304 g/mol. The van der Waals surface area contributed by atoms with Gasteiger partial charge < -0.3 is 9.84 Å². The van der Waals surface area contributed by atoms with Crippen LogP contribution in [0.5, 0.6) is 5.75 Å². The van der Waals surface area contributed by atoms with Crippen molar-refractivity contribution in [2.75, 3.05) is 7.11 Å². The average molecular weight is 317 g/mol. The minimum Gasteiger partial charge on any atom is -0.497 e. The van der Waals surface area contributed by atoms with Crippen molar-refractivity contribution in [1.29, 1.82) is 0 Å². The molecule has 0 saturated carbocycles. The molecule has 0 aliphatic rings. The maximum atomic E-state index is 11.4. The van der Waals surface area contributed by atoms with Crippen molar-refractivity contribution in [3.8, 4) is 5.75 Å². The van der Waals surface area contributed by atoms with Crippen molar-refractivity contribution < 1.29 is 14.6 Å². The SMILES string of the molecule is COc1ccc2c(c1)c(C(=O)O)nn2Cc1ccc(Cl)cc1. The molecule has 0 radical (unpaired) electrons. The largest absolute Gasteiger partial charge is 0.497 e. The van der Waals surface area contributed by atoms with Gasteiger partial charge in [-0.25, -0.2) is 4.79 Å². The van der Waals surface area contributed by atoms with Crippen molar-refractivity contribution in [3.63, 3.8) is 0 Å². The lowest BCUT2D eigenvalue weighted by Crippen LogP contribution is -2.04.